The molecule has 0 aromatic heterocycles. The average molecular weight is 284 g/mol. The molecule has 0 heterocycles. The maximum atomic E-state index is 11.2. The number of carbonyl (C=O) groups is 2. The number of carboxylic acid groups (broad SMARTS) is 1. The minimum atomic E-state index is -1.40. The lowest BCUT2D eigenvalue weighted by Crippen LogP contribution is -2.33. The molecule has 1 aliphatic carbocycles. The van der Waals surface area contributed by atoms with E-state index in [9.17, 15) is 9.59 Å². The molecule has 1 aromatic carbocycles. The molecule has 16 heavy (non-hydrogen) atoms. The summed E-state index contributed by atoms with van der Waals surface area (Å²) < 4.78 is 0.862. The van der Waals surface area contributed by atoms with Gasteiger partial charge in [0.15, 0.2) is 5.41 Å². The number of hydrogen-bond acceptors (Lipinski definition) is 2. The second-order valence-corrected chi connectivity index (χ2v) is 4.87. The lowest BCUT2D eigenvalue weighted by molar-refractivity contribution is -0.148. The summed E-state index contributed by atoms with van der Waals surface area (Å²) in [6, 6.07) is 7.28. The number of nitrogens with two attached hydrogens (primary N) is 1. The molecule has 0 spiro atoms. The monoisotopic (exact) mass is 283 g/mol. The van der Waals surface area contributed by atoms with E-state index in [-0.39, 0.29) is 12.3 Å². The van der Waals surface area contributed by atoms with Gasteiger partial charge in [-0.1, -0.05) is 28.1 Å². The topological polar surface area (TPSA) is 80.4 Å². The molecular weight excluding hydrogens is 274 g/mol. The van der Waals surface area contributed by atoms with Crippen molar-refractivity contribution in [2.45, 2.75) is 12.3 Å². The zero-order valence-corrected chi connectivity index (χ0v) is 9.90. The van der Waals surface area contributed by atoms with Crippen LogP contribution < -0.4 is 5.73 Å². The summed E-state index contributed by atoms with van der Waals surface area (Å²) in [7, 11) is 0. The first-order valence-corrected chi connectivity index (χ1v) is 5.56. The molecule has 4 nitrogen and oxygen atoms in total. The van der Waals surface area contributed by atoms with Crippen LogP contribution in [0.3, 0.4) is 0 Å². The van der Waals surface area contributed by atoms with Gasteiger partial charge in [0.25, 0.3) is 0 Å². The number of halogens is 1. The van der Waals surface area contributed by atoms with Crippen LogP contribution in [0.25, 0.3) is 0 Å². The minimum Gasteiger partial charge on any atom is -0.480 e. The van der Waals surface area contributed by atoms with Gasteiger partial charge in [-0.2, -0.15) is 0 Å². The molecule has 84 valence electrons. The molecule has 1 saturated carbocycles. The van der Waals surface area contributed by atoms with Crippen molar-refractivity contribution in [2.24, 2.45) is 11.1 Å². The molecule has 0 bridgehead atoms. The second-order valence-electron chi connectivity index (χ2n) is 3.95. The summed E-state index contributed by atoms with van der Waals surface area (Å²) in [6.07, 6.45) is 0.286. The third kappa shape index (κ3) is 1.51. The SMILES string of the molecule is NC(=O)C1(C(=O)O)CC1c1cccc(Br)c1. The zero-order chi connectivity index (χ0) is 11.9. The van der Waals surface area contributed by atoms with Crippen molar-refractivity contribution in [3.05, 3.63) is 34.3 Å². The summed E-state index contributed by atoms with van der Waals surface area (Å²) in [4.78, 5) is 22.3. The Balaban J connectivity index is 2.34. The smallest absolute Gasteiger partial charge is 0.319 e. The molecule has 1 amide bonds. The maximum Gasteiger partial charge on any atom is 0.319 e. The van der Waals surface area contributed by atoms with Crippen molar-refractivity contribution >= 4 is 27.8 Å². The third-order valence-electron chi connectivity index (χ3n) is 3.03. The number of amides is 1. The summed E-state index contributed by atoms with van der Waals surface area (Å²) in [6.45, 7) is 0. The average Bonchev–Trinajstić information content (AvgIpc) is 2.93. The van der Waals surface area contributed by atoms with Crippen molar-refractivity contribution in [3.8, 4) is 0 Å². The molecule has 3 N–H and O–H groups in total. The molecule has 2 unspecified atom stereocenters. The van der Waals surface area contributed by atoms with Gasteiger partial charge in [-0.05, 0) is 24.1 Å². The number of rotatable bonds is 3. The first kappa shape index (κ1) is 11.1. The van der Waals surface area contributed by atoms with Crippen molar-refractivity contribution < 1.29 is 14.7 Å². The van der Waals surface area contributed by atoms with Crippen LogP contribution in [-0.2, 0) is 9.59 Å². The Morgan fingerprint density at radius 2 is 2.19 bits per heavy atom. The fraction of sp³-hybridized carbons (Fsp3) is 0.273. The zero-order valence-electron chi connectivity index (χ0n) is 8.31. The van der Waals surface area contributed by atoms with Gasteiger partial charge in [-0.3, -0.25) is 9.59 Å². The first-order chi connectivity index (χ1) is 7.48. The van der Waals surface area contributed by atoms with Crippen LogP contribution in [0.1, 0.15) is 17.9 Å². The fourth-order valence-electron chi connectivity index (χ4n) is 2.00. The van der Waals surface area contributed by atoms with Gasteiger partial charge >= 0.3 is 5.97 Å². The van der Waals surface area contributed by atoms with Gasteiger partial charge in [0.1, 0.15) is 0 Å². The highest BCUT2D eigenvalue weighted by Gasteiger charge is 2.65. The van der Waals surface area contributed by atoms with Gasteiger partial charge in [-0.15, -0.1) is 0 Å². The lowest BCUT2D eigenvalue weighted by Gasteiger charge is -2.07. The Hall–Kier alpha value is -1.36. The Morgan fingerprint density at radius 1 is 1.50 bits per heavy atom. The highest BCUT2D eigenvalue weighted by molar-refractivity contribution is 9.10. The standard InChI is InChI=1S/C11H10BrNO3/c12-7-3-1-2-6(4-7)8-5-11(8,9(13)14)10(15)16/h1-4,8H,5H2,(H2,13,14)(H,15,16). The van der Waals surface area contributed by atoms with E-state index in [1.807, 2.05) is 24.3 Å². The summed E-state index contributed by atoms with van der Waals surface area (Å²) in [5.41, 5.74) is 4.60. The molecule has 1 aromatic rings. The van der Waals surface area contributed by atoms with Gasteiger partial charge in [0, 0.05) is 10.4 Å². The predicted molar refractivity (Wildman–Crippen MR) is 60.8 cm³/mol. The Kier molecular flexibility index (Phi) is 2.50. The quantitative estimate of drug-likeness (QED) is 0.825. The Morgan fingerprint density at radius 3 is 2.62 bits per heavy atom. The number of benzene rings is 1. The highest BCUT2D eigenvalue weighted by Crippen LogP contribution is 2.59. The van der Waals surface area contributed by atoms with Gasteiger partial charge in [0.2, 0.25) is 5.91 Å². The van der Waals surface area contributed by atoms with E-state index in [1.165, 1.54) is 0 Å². The lowest BCUT2D eigenvalue weighted by atomic mass is 9.98. The van der Waals surface area contributed by atoms with Crippen molar-refractivity contribution in [1.82, 2.24) is 0 Å². The van der Waals surface area contributed by atoms with E-state index in [4.69, 9.17) is 10.8 Å². The highest BCUT2D eigenvalue weighted by atomic mass is 79.9. The van der Waals surface area contributed by atoms with Crippen LogP contribution >= 0.6 is 15.9 Å². The van der Waals surface area contributed by atoms with Crippen LogP contribution in [0, 0.1) is 5.41 Å². The Bertz CT molecular complexity index is 458. The molecule has 2 rings (SSSR count). The van der Waals surface area contributed by atoms with E-state index in [0.29, 0.717) is 0 Å². The summed E-state index contributed by atoms with van der Waals surface area (Å²) >= 11 is 3.31. The van der Waals surface area contributed by atoms with Gasteiger partial charge in [-0.25, -0.2) is 0 Å². The van der Waals surface area contributed by atoms with Gasteiger partial charge < -0.3 is 10.8 Å². The molecule has 1 aliphatic rings. The largest absolute Gasteiger partial charge is 0.480 e. The molecule has 2 atom stereocenters. The third-order valence-corrected chi connectivity index (χ3v) is 3.53. The number of primary amides is 1. The molecule has 0 radical (unpaired) electrons. The summed E-state index contributed by atoms with van der Waals surface area (Å²) in [5.74, 6) is -2.20. The molecule has 0 aliphatic heterocycles. The van der Waals surface area contributed by atoms with Crippen molar-refractivity contribution in [3.63, 3.8) is 0 Å². The minimum absolute atomic E-state index is 0.286. The molecule has 0 saturated heterocycles. The predicted octanol–water partition coefficient (Wildman–Crippen LogP) is 1.49. The van der Waals surface area contributed by atoms with Crippen molar-refractivity contribution in [1.29, 1.82) is 0 Å². The fourth-order valence-corrected chi connectivity index (χ4v) is 2.42. The van der Waals surface area contributed by atoms with E-state index in [0.717, 1.165) is 10.0 Å². The van der Waals surface area contributed by atoms with E-state index in [1.54, 1.807) is 0 Å². The van der Waals surface area contributed by atoms with Crippen LogP contribution in [0.4, 0.5) is 0 Å². The summed E-state index contributed by atoms with van der Waals surface area (Å²) in [5, 5.41) is 9.06. The number of carboxylic acids is 1. The van der Waals surface area contributed by atoms with Gasteiger partial charge in [0.05, 0.1) is 0 Å². The van der Waals surface area contributed by atoms with E-state index >= 15 is 0 Å². The van der Waals surface area contributed by atoms with E-state index < -0.39 is 17.3 Å². The normalized spacial score (nSPS) is 27.4. The maximum absolute atomic E-state index is 11.2. The molecule has 5 heteroatoms. The van der Waals surface area contributed by atoms with Crippen LogP contribution in [0.15, 0.2) is 28.7 Å². The molecule has 1 fully saturated rings. The Labute approximate surface area is 101 Å². The van der Waals surface area contributed by atoms with Crippen LogP contribution in [0.2, 0.25) is 0 Å². The number of hydrogen-bond donors (Lipinski definition) is 2. The van der Waals surface area contributed by atoms with Crippen molar-refractivity contribution in [2.75, 3.05) is 0 Å². The van der Waals surface area contributed by atoms with Crippen LogP contribution in [0.5, 0.6) is 0 Å². The van der Waals surface area contributed by atoms with E-state index in [2.05, 4.69) is 15.9 Å². The second kappa shape index (κ2) is 3.59. The number of aliphatic carboxylic acids is 1. The first-order valence-electron chi connectivity index (χ1n) is 4.77. The molecular formula is C11H10BrNO3. The number of carbonyl (C=O) groups excluding carboxylic acids is 1. The van der Waals surface area contributed by atoms with Crippen LogP contribution in [-0.4, -0.2) is 17.0 Å².